The molecule has 2 aromatic rings. The van der Waals surface area contributed by atoms with Gasteiger partial charge in [-0.1, -0.05) is 23.5 Å². The Morgan fingerprint density at radius 1 is 1.12 bits per heavy atom. The molecule has 0 spiro atoms. The second-order valence-corrected chi connectivity index (χ2v) is 10.1. The van der Waals surface area contributed by atoms with Crippen LogP contribution < -0.4 is 9.77 Å². The molecule has 1 aromatic carbocycles. The fourth-order valence-corrected chi connectivity index (χ4v) is 8.60. The molecule has 0 amide bonds. The van der Waals surface area contributed by atoms with Gasteiger partial charge in [0.15, 0.2) is 0 Å². The number of aromatic nitrogens is 1. The highest BCUT2D eigenvalue weighted by atomic mass is 32.2. The van der Waals surface area contributed by atoms with Crippen LogP contribution in [0.1, 0.15) is 49.5 Å². The first-order valence-corrected chi connectivity index (χ1v) is 11.6. The summed E-state index contributed by atoms with van der Waals surface area (Å²) < 4.78 is 0. The van der Waals surface area contributed by atoms with Gasteiger partial charge in [0.2, 0.25) is 0 Å². The Labute approximate surface area is 163 Å². The van der Waals surface area contributed by atoms with E-state index < -0.39 is 0 Å². The summed E-state index contributed by atoms with van der Waals surface area (Å²) in [5.41, 5.74) is 2.70. The lowest BCUT2D eigenvalue weighted by Crippen LogP contribution is -2.33. The standard InChI is InChI=1S/C21H26N2OS2/c1-3-23(4-2)15-9-7-12(8-10-15)16-17-13-5-6-14(11-13)18(17)25-20-19(16)26-21(24)22-20/h7-10,13-14,16-18H,3-6,11H2,1-2H3,(H,22,24)/t13-,14+,16-,17+,18-/m0/s1. The van der Waals surface area contributed by atoms with Gasteiger partial charge in [-0.2, -0.15) is 0 Å². The summed E-state index contributed by atoms with van der Waals surface area (Å²) in [7, 11) is 0. The molecular weight excluding hydrogens is 360 g/mol. The summed E-state index contributed by atoms with van der Waals surface area (Å²) in [6.45, 7) is 6.49. The van der Waals surface area contributed by atoms with Crippen molar-refractivity contribution in [1.29, 1.82) is 0 Å². The highest BCUT2D eigenvalue weighted by Crippen LogP contribution is 2.63. The average Bonchev–Trinajstić information content (AvgIpc) is 3.35. The molecule has 3 nitrogen and oxygen atoms in total. The van der Waals surface area contributed by atoms with Crippen LogP contribution >= 0.6 is 23.1 Å². The summed E-state index contributed by atoms with van der Waals surface area (Å²) in [6, 6.07) is 9.21. The Bertz CT molecular complexity index is 852. The van der Waals surface area contributed by atoms with E-state index in [4.69, 9.17) is 0 Å². The molecule has 5 heteroatoms. The highest BCUT2D eigenvalue weighted by Gasteiger charge is 2.54. The Morgan fingerprint density at radius 3 is 2.58 bits per heavy atom. The van der Waals surface area contributed by atoms with Crippen molar-refractivity contribution < 1.29 is 0 Å². The summed E-state index contributed by atoms with van der Waals surface area (Å²) in [4.78, 5) is 19.0. The zero-order valence-corrected chi connectivity index (χ0v) is 17.0. The second-order valence-electron chi connectivity index (χ2n) is 7.94. The van der Waals surface area contributed by atoms with Crippen LogP contribution in [0, 0.1) is 17.8 Å². The molecule has 2 bridgehead atoms. The largest absolute Gasteiger partial charge is 0.372 e. The lowest BCUT2D eigenvalue weighted by molar-refractivity contribution is 0.307. The van der Waals surface area contributed by atoms with Gasteiger partial charge in [0.25, 0.3) is 0 Å². The Balaban J connectivity index is 1.56. The highest BCUT2D eigenvalue weighted by molar-refractivity contribution is 8.00. The van der Waals surface area contributed by atoms with Crippen LogP contribution in [0.4, 0.5) is 5.69 Å². The van der Waals surface area contributed by atoms with Crippen LogP contribution in [0.25, 0.3) is 0 Å². The third-order valence-electron chi connectivity index (χ3n) is 6.85. The fourth-order valence-electron chi connectivity index (χ4n) is 5.70. The van der Waals surface area contributed by atoms with Crippen LogP contribution in [0.5, 0.6) is 0 Å². The number of fused-ring (bicyclic) bond motifs is 6. The topological polar surface area (TPSA) is 36.1 Å². The van der Waals surface area contributed by atoms with Crippen molar-refractivity contribution in [2.75, 3.05) is 18.0 Å². The average molecular weight is 387 g/mol. The molecule has 0 unspecified atom stereocenters. The number of aromatic amines is 1. The molecule has 1 aromatic heterocycles. The van der Waals surface area contributed by atoms with Gasteiger partial charge in [0.05, 0.1) is 5.03 Å². The number of thiazole rings is 1. The number of anilines is 1. The van der Waals surface area contributed by atoms with Gasteiger partial charge in [-0.3, -0.25) is 4.79 Å². The molecule has 3 aliphatic rings. The maximum absolute atomic E-state index is 12.1. The molecule has 0 saturated heterocycles. The third-order valence-corrected chi connectivity index (χ3v) is 9.47. The van der Waals surface area contributed by atoms with E-state index in [0.29, 0.717) is 17.1 Å². The number of hydrogen-bond donors (Lipinski definition) is 1. The molecule has 2 saturated carbocycles. The van der Waals surface area contributed by atoms with Crippen LogP contribution in [0.15, 0.2) is 34.1 Å². The second kappa shape index (κ2) is 6.45. The van der Waals surface area contributed by atoms with E-state index in [-0.39, 0.29) is 4.87 Å². The van der Waals surface area contributed by atoms with E-state index in [2.05, 4.69) is 48.0 Å². The van der Waals surface area contributed by atoms with Crippen LogP contribution in [0.2, 0.25) is 0 Å². The molecule has 5 rings (SSSR count). The van der Waals surface area contributed by atoms with Crippen molar-refractivity contribution in [2.24, 2.45) is 17.8 Å². The van der Waals surface area contributed by atoms with Crippen molar-refractivity contribution in [3.8, 4) is 0 Å². The number of nitrogens with one attached hydrogen (secondary N) is 1. The summed E-state index contributed by atoms with van der Waals surface area (Å²) in [5, 5.41) is 1.85. The minimum absolute atomic E-state index is 0.111. The van der Waals surface area contributed by atoms with Gasteiger partial charge in [0, 0.05) is 34.8 Å². The first-order valence-electron chi connectivity index (χ1n) is 9.94. The Hall–Kier alpha value is -1.20. The number of hydrogen-bond acceptors (Lipinski definition) is 4. The Kier molecular flexibility index (Phi) is 4.20. The summed E-state index contributed by atoms with van der Waals surface area (Å²) in [6.07, 6.45) is 4.17. The predicted octanol–water partition coefficient (Wildman–Crippen LogP) is 4.93. The number of H-pyrrole nitrogens is 1. The van der Waals surface area contributed by atoms with E-state index >= 15 is 0 Å². The van der Waals surface area contributed by atoms with Crippen molar-refractivity contribution in [1.82, 2.24) is 4.98 Å². The number of nitrogens with zero attached hydrogens (tertiary/aromatic N) is 1. The van der Waals surface area contributed by atoms with Crippen molar-refractivity contribution in [2.45, 2.75) is 49.3 Å². The normalized spacial score (nSPS) is 31.7. The van der Waals surface area contributed by atoms with Gasteiger partial charge in [-0.25, -0.2) is 0 Å². The van der Waals surface area contributed by atoms with Crippen LogP contribution in [0.3, 0.4) is 0 Å². The molecule has 1 N–H and O–H groups in total. The minimum atomic E-state index is 0.111. The number of benzene rings is 1. The molecule has 5 atom stereocenters. The number of rotatable bonds is 4. The molecule has 2 heterocycles. The minimum Gasteiger partial charge on any atom is -0.372 e. The van der Waals surface area contributed by atoms with Gasteiger partial charge >= 0.3 is 4.87 Å². The fraction of sp³-hybridized carbons (Fsp3) is 0.571. The first kappa shape index (κ1) is 16.9. The molecule has 1 aliphatic heterocycles. The zero-order valence-electron chi connectivity index (χ0n) is 15.4. The molecule has 138 valence electrons. The monoisotopic (exact) mass is 386 g/mol. The smallest absolute Gasteiger partial charge is 0.305 e. The lowest BCUT2D eigenvalue weighted by Gasteiger charge is -2.40. The summed E-state index contributed by atoms with van der Waals surface area (Å²) >= 11 is 3.42. The van der Waals surface area contributed by atoms with E-state index in [0.717, 1.165) is 30.0 Å². The van der Waals surface area contributed by atoms with E-state index in [1.54, 1.807) is 0 Å². The predicted molar refractivity (Wildman–Crippen MR) is 111 cm³/mol. The maximum Gasteiger partial charge on any atom is 0.305 e. The molecule has 0 radical (unpaired) electrons. The van der Waals surface area contributed by atoms with Gasteiger partial charge < -0.3 is 9.88 Å². The lowest BCUT2D eigenvalue weighted by atomic mass is 9.75. The van der Waals surface area contributed by atoms with E-state index in [1.807, 2.05) is 11.8 Å². The Morgan fingerprint density at radius 2 is 1.85 bits per heavy atom. The molecule has 26 heavy (non-hydrogen) atoms. The zero-order chi connectivity index (χ0) is 17.8. The maximum atomic E-state index is 12.1. The van der Waals surface area contributed by atoms with Crippen molar-refractivity contribution in [3.63, 3.8) is 0 Å². The van der Waals surface area contributed by atoms with Gasteiger partial charge in [-0.15, -0.1) is 11.8 Å². The molecule has 2 aliphatic carbocycles. The van der Waals surface area contributed by atoms with E-state index in [1.165, 1.54) is 46.7 Å². The van der Waals surface area contributed by atoms with Crippen molar-refractivity contribution in [3.05, 3.63) is 44.4 Å². The first-order chi connectivity index (χ1) is 12.7. The van der Waals surface area contributed by atoms with Crippen LogP contribution in [-0.4, -0.2) is 23.3 Å². The molecule has 2 fully saturated rings. The van der Waals surface area contributed by atoms with Crippen molar-refractivity contribution >= 4 is 28.8 Å². The third kappa shape index (κ3) is 2.50. The SMILES string of the molecule is CCN(CC)c1ccc([C@@H]2c3sc(=O)[nH]c3S[C@H]3[C@@H]4CC[C@@H](C4)[C@H]23)cc1. The number of thioether (sulfide) groups is 1. The molecular formula is C21H26N2OS2. The van der Waals surface area contributed by atoms with Gasteiger partial charge in [0.1, 0.15) is 0 Å². The van der Waals surface area contributed by atoms with Gasteiger partial charge in [-0.05, 0) is 68.6 Å². The van der Waals surface area contributed by atoms with E-state index in [9.17, 15) is 4.79 Å². The quantitative estimate of drug-likeness (QED) is 0.809. The summed E-state index contributed by atoms with van der Waals surface area (Å²) in [5.74, 6) is 2.80. The van der Waals surface area contributed by atoms with Crippen LogP contribution in [-0.2, 0) is 0 Å².